The lowest BCUT2D eigenvalue weighted by Crippen LogP contribution is -2.41. The summed E-state index contributed by atoms with van der Waals surface area (Å²) in [5.74, 6) is 0.369. The average Bonchev–Trinajstić information content (AvgIpc) is 3.34. The number of carbonyl (C=O) groups is 3. The van der Waals surface area contributed by atoms with E-state index in [1.807, 2.05) is 25.1 Å². The number of anilines is 1. The van der Waals surface area contributed by atoms with E-state index in [0.29, 0.717) is 17.7 Å². The van der Waals surface area contributed by atoms with E-state index in [2.05, 4.69) is 25.6 Å². The second kappa shape index (κ2) is 11.0. The Labute approximate surface area is 206 Å². The molecule has 1 saturated heterocycles. The molecule has 0 spiro atoms. The van der Waals surface area contributed by atoms with Gasteiger partial charge in [0.05, 0.1) is 12.7 Å². The number of methoxy groups -OCH3 is 1. The van der Waals surface area contributed by atoms with Crippen LogP contribution in [0.1, 0.15) is 35.7 Å². The second-order valence-electron chi connectivity index (χ2n) is 7.85. The van der Waals surface area contributed by atoms with E-state index in [1.165, 1.54) is 7.11 Å². The van der Waals surface area contributed by atoms with Gasteiger partial charge in [-0.2, -0.15) is 5.10 Å². The van der Waals surface area contributed by atoms with Crippen molar-refractivity contribution in [2.24, 2.45) is 10.2 Å². The van der Waals surface area contributed by atoms with Crippen molar-refractivity contribution in [3.05, 3.63) is 53.6 Å². The first-order valence-electron chi connectivity index (χ1n) is 10.9. The predicted octanol–water partition coefficient (Wildman–Crippen LogP) is 3.13. The zero-order chi connectivity index (χ0) is 24.8. The van der Waals surface area contributed by atoms with Crippen molar-refractivity contribution in [3.63, 3.8) is 0 Å². The molecular formula is C24H24N4O6S. The molecule has 0 radical (unpaired) electrons. The maximum absolute atomic E-state index is 12.7. The number of nitrogens with zero attached hydrogens (tertiary/aromatic N) is 2. The minimum Gasteiger partial charge on any atom is -0.465 e. The van der Waals surface area contributed by atoms with Gasteiger partial charge >= 0.3 is 5.97 Å². The van der Waals surface area contributed by atoms with Crippen LogP contribution in [0.5, 0.6) is 11.5 Å². The van der Waals surface area contributed by atoms with E-state index >= 15 is 0 Å². The monoisotopic (exact) mass is 496 g/mol. The molecule has 0 aliphatic carbocycles. The molecule has 1 fully saturated rings. The molecule has 2 aromatic rings. The van der Waals surface area contributed by atoms with E-state index in [0.717, 1.165) is 41.0 Å². The second-order valence-corrected chi connectivity index (χ2v) is 9.04. The summed E-state index contributed by atoms with van der Waals surface area (Å²) in [6, 6.07) is 12.1. The quantitative estimate of drug-likeness (QED) is 0.342. The lowest BCUT2D eigenvalue weighted by atomic mass is 10.1. The van der Waals surface area contributed by atoms with Gasteiger partial charge < -0.3 is 24.8 Å². The molecule has 1 atom stereocenters. The van der Waals surface area contributed by atoms with Gasteiger partial charge in [0.2, 0.25) is 18.6 Å². The fraction of sp³-hybridized carbons (Fsp3) is 0.292. The summed E-state index contributed by atoms with van der Waals surface area (Å²) < 4.78 is 15.4. The first-order valence-corrected chi connectivity index (χ1v) is 11.7. The number of ether oxygens (including phenoxy) is 3. The molecule has 0 unspecified atom stereocenters. The molecule has 2 aromatic carbocycles. The van der Waals surface area contributed by atoms with E-state index in [-0.39, 0.29) is 30.2 Å². The lowest BCUT2D eigenvalue weighted by molar-refractivity contribution is -0.123. The third-order valence-electron chi connectivity index (χ3n) is 5.26. The topological polar surface area (TPSA) is 128 Å². The summed E-state index contributed by atoms with van der Waals surface area (Å²) in [5.41, 5.74) is 2.75. The number of amides is 2. The molecular weight excluding hydrogens is 472 g/mol. The number of benzene rings is 2. The van der Waals surface area contributed by atoms with Crippen LogP contribution < -0.4 is 20.1 Å². The van der Waals surface area contributed by atoms with E-state index < -0.39 is 11.2 Å². The summed E-state index contributed by atoms with van der Waals surface area (Å²) >= 11 is 1.14. The number of carbonyl (C=O) groups excluding carboxylic acids is 3. The lowest BCUT2D eigenvalue weighted by Gasteiger charge is -2.21. The largest absolute Gasteiger partial charge is 0.465 e. The smallest absolute Gasteiger partial charge is 0.337 e. The molecule has 2 aliphatic heterocycles. The van der Waals surface area contributed by atoms with Crippen molar-refractivity contribution >= 4 is 46.1 Å². The van der Waals surface area contributed by atoms with E-state index in [4.69, 9.17) is 9.47 Å². The van der Waals surface area contributed by atoms with Crippen molar-refractivity contribution in [3.8, 4) is 11.5 Å². The van der Waals surface area contributed by atoms with Gasteiger partial charge in [0, 0.05) is 17.8 Å². The number of nitrogens with one attached hydrogen (secondary N) is 2. The van der Waals surface area contributed by atoms with Crippen LogP contribution in [-0.2, 0) is 20.7 Å². The SMILES string of the molecule is COC(=O)c1ccc(NC(=O)[C@H]2CC(=O)N/C(=N/N=C(/C)CCc3ccc4c(c3)OCO4)S2)cc1. The van der Waals surface area contributed by atoms with Gasteiger partial charge in [-0.1, -0.05) is 17.8 Å². The zero-order valence-corrected chi connectivity index (χ0v) is 20.0. The Morgan fingerprint density at radius 1 is 1.17 bits per heavy atom. The van der Waals surface area contributed by atoms with Crippen LogP contribution >= 0.6 is 11.8 Å². The van der Waals surface area contributed by atoms with Crippen LogP contribution in [0, 0.1) is 0 Å². The summed E-state index contributed by atoms with van der Waals surface area (Å²) in [6.45, 7) is 2.09. The normalized spacial score (nSPS) is 18.2. The number of rotatable bonds is 7. The van der Waals surface area contributed by atoms with Gasteiger partial charge in [-0.15, -0.1) is 5.10 Å². The van der Waals surface area contributed by atoms with Crippen molar-refractivity contribution in [2.45, 2.75) is 31.4 Å². The molecule has 2 aliphatic rings. The highest BCUT2D eigenvalue weighted by molar-refractivity contribution is 8.15. The Bertz CT molecular complexity index is 1200. The van der Waals surface area contributed by atoms with Gasteiger partial charge in [0.1, 0.15) is 5.25 Å². The Morgan fingerprint density at radius 3 is 2.71 bits per heavy atom. The molecule has 2 heterocycles. The highest BCUT2D eigenvalue weighted by Crippen LogP contribution is 2.32. The number of hydrogen-bond donors (Lipinski definition) is 2. The average molecular weight is 497 g/mol. The fourth-order valence-electron chi connectivity index (χ4n) is 3.37. The Morgan fingerprint density at radius 2 is 1.94 bits per heavy atom. The van der Waals surface area contributed by atoms with Crippen LogP contribution in [0.2, 0.25) is 0 Å². The van der Waals surface area contributed by atoms with Crippen LogP contribution in [0.25, 0.3) is 0 Å². The fourth-order valence-corrected chi connectivity index (χ4v) is 4.30. The number of amidine groups is 1. The maximum atomic E-state index is 12.7. The molecule has 0 saturated carbocycles. The summed E-state index contributed by atoms with van der Waals surface area (Å²) in [7, 11) is 1.30. The van der Waals surface area contributed by atoms with Crippen LogP contribution in [0.3, 0.4) is 0 Å². The van der Waals surface area contributed by atoms with Gasteiger partial charge in [-0.3, -0.25) is 9.59 Å². The van der Waals surface area contributed by atoms with Gasteiger partial charge in [-0.25, -0.2) is 4.79 Å². The first kappa shape index (κ1) is 24.3. The number of hydrogen-bond acceptors (Lipinski definition) is 9. The minimum atomic E-state index is -0.660. The summed E-state index contributed by atoms with van der Waals surface area (Å²) in [5, 5.41) is 13.4. The number of fused-ring (bicyclic) bond motifs is 1. The zero-order valence-electron chi connectivity index (χ0n) is 19.2. The number of aryl methyl sites for hydroxylation is 1. The molecule has 0 bridgehead atoms. The Balaban J connectivity index is 1.33. The number of thioether (sulfide) groups is 1. The molecule has 2 N–H and O–H groups in total. The molecule has 0 aromatic heterocycles. The van der Waals surface area contributed by atoms with Crippen molar-refractivity contribution in [1.82, 2.24) is 5.32 Å². The maximum Gasteiger partial charge on any atom is 0.337 e. The molecule has 10 nitrogen and oxygen atoms in total. The minimum absolute atomic E-state index is 0.0164. The van der Waals surface area contributed by atoms with Crippen LogP contribution in [0.15, 0.2) is 52.7 Å². The molecule has 182 valence electrons. The highest BCUT2D eigenvalue weighted by atomic mass is 32.2. The molecule has 11 heteroatoms. The van der Waals surface area contributed by atoms with Crippen molar-refractivity contribution in [1.29, 1.82) is 0 Å². The van der Waals surface area contributed by atoms with Crippen LogP contribution in [-0.4, -0.2) is 47.8 Å². The Hall–Kier alpha value is -3.86. The predicted molar refractivity (Wildman–Crippen MR) is 132 cm³/mol. The van der Waals surface area contributed by atoms with Gasteiger partial charge in [0.25, 0.3) is 0 Å². The van der Waals surface area contributed by atoms with Crippen LogP contribution in [0.4, 0.5) is 5.69 Å². The highest BCUT2D eigenvalue weighted by Gasteiger charge is 2.30. The Kier molecular flexibility index (Phi) is 7.66. The number of esters is 1. The van der Waals surface area contributed by atoms with E-state index in [9.17, 15) is 14.4 Å². The first-order chi connectivity index (χ1) is 16.9. The molecule has 35 heavy (non-hydrogen) atoms. The third-order valence-corrected chi connectivity index (χ3v) is 6.33. The summed E-state index contributed by atoms with van der Waals surface area (Å²) in [6.07, 6.45) is 1.43. The van der Waals surface area contributed by atoms with Gasteiger partial charge in [0.15, 0.2) is 16.7 Å². The molecule has 2 amide bonds. The standard InChI is InChI=1S/C24H24N4O6S/c1-14(3-4-15-5-10-18-19(11-15)34-13-33-18)27-28-24-26-21(29)12-20(35-24)22(30)25-17-8-6-16(7-9-17)23(31)32-2/h5-11,20H,3-4,12-13H2,1-2H3,(H,25,30)(H,26,28,29)/b27-14-/t20-/m1/s1. The van der Waals surface area contributed by atoms with Gasteiger partial charge in [-0.05, 0) is 61.7 Å². The van der Waals surface area contributed by atoms with E-state index in [1.54, 1.807) is 24.3 Å². The third kappa shape index (κ3) is 6.38. The van der Waals surface area contributed by atoms with Crippen molar-refractivity contribution in [2.75, 3.05) is 19.2 Å². The summed E-state index contributed by atoms with van der Waals surface area (Å²) in [4.78, 5) is 36.4. The van der Waals surface area contributed by atoms with Crippen molar-refractivity contribution < 1.29 is 28.6 Å². The molecule has 4 rings (SSSR count).